The molecule has 1 saturated carbocycles. The molecule has 1 aromatic carbocycles. The third kappa shape index (κ3) is 7.88. The summed E-state index contributed by atoms with van der Waals surface area (Å²) in [5.74, 6) is 1.99. The van der Waals surface area contributed by atoms with Crippen LogP contribution in [0.25, 0.3) is 0 Å². The lowest BCUT2D eigenvalue weighted by molar-refractivity contribution is -0.115. The van der Waals surface area contributed by atoms with E-state index in [1.807, 2.05) is 0 Å². The fraction of sp³-hybridized carbons (Fsp3) is 0.381. The molecule has 7 nitrogen and oxygen atoms in total. The van der Waals surface area contributed by atoms with Crippen LogP contribution in [0.5, 0.6) is 5.75 Å². The third-order valence-electron chi connectivity index (χ3n) is 4.43. The van der Waals surface area contributed by atoms with E-state index in [9.17, 15) is 4.79 Å². The van der Waals surface area contributed by atoms with E-state index < -0.39 is 0 Å². The predicted molar refractivity (Wildman–Crippen MR) is 126 cm³/mol. The van der Waals surface area contributed by atoms with E-state index in [-0.39, 0.29) is 36.4 Å². The van der Waals surface area contributed by atoms with Crippen LogP contribution in [0.1, 0.15) is 24.0 Å². The fourth-order valence-corrected chi connectivity index (χ4v) is 2.64. The minimum absolute atomic E-state index is 0. The third-order valence-corrected chi connectivity index (χ3v) is 4.43. The number of halogens is 1. The average molecular weight is 509 g/mol. The van der Waals surface area contributed by atoms with Crippen molar-refractivity contribution in [3.63, 3.8) is 0 Å². The van der Waals surface area contributed by atoms with E-state index in [4.69, 9.17) is 4.74 Å². The molecule has 1 amide bonds. The molecule has 29 heavy (non-hydrogen) atoms. The highest BCUT2D eigenvalue weighted by Gasteiger charge is 2.22. The lowest BCUT2D eigenvalue weighted by Crippen LogP contribution is -2.41. The van der Waals surface area contributed by atoms with Crippen LogP contribution in [0.4, 0.5) is 5.69 Å². The summed E-state index contributed by atoms with van der Waals surface area (Å²) in [7, 11) is 1.67. The Morgan fingerprint density at radius 2 is 2.10 bits per heavy atom. The molecule has 0 aliphatic heterocycles. The maximum atomic E-state index is 12.0. The molecule has 1 aliphatic rings. The zero-order chi connectivity index (χ0) is 19.8. The van der Waals surface area contributed by atoms with Crippen LogP contribution < -0.4 is 20.7 Å². The number of nitrogens with zero attached hydrogens (tertiary/aromatic N) is 2. The van der Waals surface area contributed by atoms with Gasteiger partial charge in [-0.25, -0.2) is 0 Å². The van der Waals surface area contributed by atoms with Crippen LogP contribution in [0, 0.1) is 12.8 Å². The van der Waals surface area contributed by atoms with Gasteiger partial charge in [-0.15, -0.1) is 24.0 Å². The summed E-state index contributed by atoms with van der Waals surface area (Å²) in [4.78, 5) is 20.2. The Morgan fingerprint density at radius 1 is 1.28 bits per heavy atom. The molecule has 156 valence electrons. The van der Waals surface area contributed by atoms with Crippen molar-refractivity contribution in [1.82, 2.24) is 15.6 Å². The molecule has 1 aromatic heterocycles. The number of rotatable bonds is 8. The number of nitrogens with one attached hydrogen (secondary N) is 3. The van der Waals surface area contributed by atoms with Crippen LogP contribution in [0.3, 0.4) is 0 Å². The first kappa shape index (κ1) is 22.9. The molecular formula is C21H28IN5O2. The van der Waals surface area contributed by atoms with E-state index in [0.717, 1.165) is 17.9 Å². The van der Waals surface area contributed by atoms with Crippen LogP contribution in [-0.2, 0) is 11.3 Å². The molecule has 3 rings (SSSR count). The number of carbonyl (C=O) groups excluding carboxylic acids is 1. The van der Waals surface area contributed by atoms with Crippen molar-refractivity contribution < 1.29 is 9.53 Å². The van der Waals surface area contributed by atoms with Gasteiger partial charge in [-0.2, -0.15) is 0 Å². The van der Waals surface area contributed by atoms with Crippen molar-refractivity contribution in [3.8, 4) is 5.75 Å². The van der Waals surface area contributed by atoms with E-state index >= 15 is 0 Å². The summed E-state index contributed by atoms with van der Waals surface area (Å²) in [5, 5.41) is 9.03. The van der Waals surface area contributed by atoms with Crippen molar-refractivity contribution in [2.45, 2.75) is 26.3 Å². The average Bonchev–Trinajstić information content (AvgIpc) is 3.53. The molecule has 1 aliphatic carbocycles. The van der Waals surface area contributed by atoms with Gasteiger partial charge in [0, 0.05) is 25.4 Å². The van der Waals surface area contributed by atoms with Gasteiger partial charge in [0.2, 0.25) is 5.91 Å². The molecule has 2 aromatic rings. The standard InChI is InChI=1S/C21H27N5O2.HI/c1-15-5-8-17(19(10-15)28-14-16-6-7-16)11-24-21(22-2)25-13-20(27)26-18-4-3-9-23-12-18;/h3-5,8-10,12,16H,6-7,11,13-14H2,1-2H3,(H,26,27)(H2,22,24,25);1H. The number of pyridine rings is 1. The van der Waals surface area contributed by atoms with Gasteiger partial charge in [0.15, 0.2) is 5.96 Å². The first-order valence-electron chi connectivity index (χ1n) is 9.51. The van der Waals surface area contributed by atoms with Crippen molar-refractivity contribution >= 4 is 41.5 Å². The molecule has 0 bridgehead atoms. The van der Waals surface area contributed by atoms with Gasteiger partial charge >= 0.3 is 0 Å². The second-order valence-electron chi connectivity index (χ2n) is 6.93. The molecule has 0 unspecified atom stereocenters. The molecule has 8 heteroatoms. The number of aliphatic imine (C=N–C) groups is 1. The summed E-state index contributed by atoms with van der Waals surface area (Å²) in [6.07, 6.45) is 5.78. The number of hydrogen-bond donors (Lipinski definition) is 3. The topological polar surface area (TPSA) is 87.6 Å². The largest absolute Gasteiger partial charge is 0.493 e. The molecule has 1 heterocycles. The Balaban J connectivity index is 0.00000300. The number of carbonyl (C=O) groups is 1. The van der Waals surface area contributed by atoms with Crippen molar-refractivity contribution in [2.24, 2.45) is 10.9 Å². The van der Waals surface area contributed by atoms with Crippen molar-refractivity contribution in [2.75, 3.05) is 25.5 Å². The number of amides is 1. The monoisotopic (exact) mass is 509 g/mol. The lowest BCUT2D eigenvalue weighted by atomic mass is 10.1. The SMILES string of the molecule is CN=C(NCC(=O)Nc1cccnc1)NCc1ccc(C)cc1OCC1CC1.I. The van der Waals surface area contributed by atoms with Crippen LogP contribution >= 0.6 is 24.0 Å². The highest BCUT2D eigenvalue weighted by Crippen LogP contribution is 2.30. The predicted octanol–water partition coefficient (Wildman–Crippen LogP) is 3.10. The van der Waals surface area contributed by atoms with E-state index in [0.29, 0.717) is 24.1 Å². The minimum atomic E-state index is -0.167. The van der Waals surface area contributed by atoms with E-state index in [1.54, 1.807) is 31.6 Å². The number of guanidine groups is 1. The number of aromatic nitrogens is 1. The van der Waals surface area contributed by atoms with Crippen LogP contribution in [0.2, 0.25) is 0 Å². The van der Waals surface area contributed by atoms with Gasteiger partial charge in [-0.3, -0.25) is 14.8 Å². The van der Waals surface area contributed by atoms with Gasteiger partial charge in [-0.1, -0.05) is 12.1 Å². The fourth-order valence-electron chi connectivity index (χ4n) is 2.64. The van der Waals surface area contributed by atoms with Gasteiger partial charge in [0.05, 0.1) is 25.0 Å². The first-order chi connectivity index (χ1) is 13.6. The Kier molecular flexibility index (Phi) is 9.17. The summed E-state index contributed by atoms with van der Waals surface area (Å²) in [5.41, 5.74) is 2.90. The number of anilines is 1. The second-order valence-corrected chi connectivity index (χ2v) is 6.93. The molecule has 0 atom stereocenters. The molecule has 1 fully saturated rings. The van der Waals surface area contributed by atoms with Crippen molar-refractivity contribution in [1.29, 1.82) is 0 Å². The molecule has 0 saturated heterocycles. The smallest absolute Gasteiger partial charge is 0.243 e. The Bertz CT molecular complexity index is 825. The van der Waals surface area contributed by atoms with Crippen LogP contribution in [0.15, 0.2) is 47.7 Å². The Labute approximate surface area is 188 Å². The van der Waals surface area contributed by atoms with Gasteiger partial charge in [0.1, 0.15) is 5.75 Å². The number of aryl methyl sites for hydroxylation is 1. The summed E-state index contributed by atoms with van der Waals surface area (Å²) >= 11 is 0. The van der Waals surface area contributed by atoms with Gasteiger partial charge in [0.25, 0.3) is 0 Å². The molecular weight excluding hydrogens is 481 g/mol. The molecule has 3 N–H and O–H groups in total. The quantitative estimate of drug-likeness (QED) is 0.289. The molecule has 0 radical (unpaired) electrons. The highest BCUT2D eigenvalue weighted by molar-refractivity contribution is 14.0. The second kappa shape index (κ2) is 11.6. The normalized spacial score (nSPS) is 13.2. The van der Waals surface area contributed by atoms with Gasteiger partial charge < -0.3 is 20.7 Å². The zero-order valence-corrected chi connectivity index (χ0v) is 19.1. The van der Waals surface area contributed by atoms with E-state index in [1.165, 1.54) is 18.4 Å². The summed E-state index contributed by atoms with van der Waals surface area (Å²) in [6, 6.07) is 9.76. The number of hydrogen-bond acceptors (Lipinski definition) is 4. The summed E-state index contributed by atoms with van der Waals surface area (Å²) < 4.78 is 6.00. The summed E-state index contributed by atoms with van der Waals surface area (Å²) in [6.45, 7) is 3.50. The van der Waals surface area contributed by atoms with Crippen molar-refractivity contribution in [3.05, 3.63) is 53.9 Å². The Morgan fingerprint density at radius 3 is 2.79 bits per heavy atom. The lowest BCUT2D eigenvalue weighted by Gasteiger charge is -2.15. The first-order valence-corrected chi connectivity index (χ1v) is 9.51. The maximum absolute atomic E-state index is 12.0. The number of benzene rings is 1. The van der Waals surface area contributed by atoms with Gasteiger partial charge in [-0.05, 0) is 49.4 Å². The number of ether oxygens (including phenoxy) is 1. The van der Waals surface area contributed by atoms with Crippen LogP contribution in [-0.4, -0.2) is 37.1 Å². The van der Waals surface area contributed by atoms with E-state index in [2.05, 4.69) is 51.0 Å². The maximum Gasteiger partial charge on any atom is 0.243 e. The zero-order valence-electron chi connectivity index (χ0n) is 16.8. The minimum Gasteiger partial charge on any atom is -0.493 e. The highest BCUT2D eigenvalue weighted by atomic mass is 127. The Hall–Kier alpha value is -2.36. The molecule has 0 spiro atoms.